The van der Waals surface area contributed by atoms with Gasteiger partial charge in [0.2, 0.25) is 0 Å². The van der Waals surface area contributed by atoms with Crippen molar-refractivity contribution in [2.24, 2.45) is 0 Å². The first-order valence-corrected chi connectivity index (χ1v) is 5.83. The van der Waals surface area contributed by atoms with Crippen molar-refractivity contribution in [3.63, 3.8) is 0 Å². The van der Waals surface area contributed by atoms with Crippen LogP contribution in [0.15, 0.2) is 18.2 Å². The molecule has 0 heterocycles. The Hall–Kier alpha value is -1.13. The van der Waals surface area contributed by atoms with Crippen molar-refractivity contribution in [3.05, 3.63) is 29.6 Å². The minimum Gasteiger partial charge on any atom is -0.488 e. The van der Waals surface area contributed by atoms with Gasteiger partial charge in [-0.15, -0.1) is 0 Å². The Morgan fingerprint density at radius 1 is 1.41 bits per heavy atom. The quantitative estimate of drug-likeness (QED) is 0.802. The van der Waals surface area contributed by atoms with Crippen LogP contribution in [-0.4, -0.2) is 24.8 Å². The maximum absolute atomic E-state index is 13.6. The molecule has 96 valence electrons. The van der Waals surface area contributed by atoms with E-state index in [1.165, 1.54) is 6.07 Å². The van der Waals surface area contributed by atoms with Crippen LogP contribution in [-0.2, 0) is 0 Å². The van der Waals surface area contributed by atoms with Crippen molar-refractivity contribution in [3.8, 4) is 5.75 Å². The Kier molecular flexibility index (Phi) is 5.38. The summed E-state index contributed by atoms with van der Waals surface area (Å²) < 4.78 is 18.9. The Morgan fingerprint density at radius 3 is 2.65 bits per heavy atom. The van der Waals surface area contributed by atoms with E-state index in [0.717, 1.165) is 0 Å². The van der Waals surface area contributed by atoms with Crippen LogP contribution in [0.3, 0.4) is 0 Å². The molecule has 0 aromatic heterocycles. The van der Waals surface area contributed by atoms with E-state index >= 15 is 0 Å². The van der Waals surface area contributed by atoms with Crippen LogP contribution in [0.2, 0.25) is 0 Å². The van der Waals surface area contributed by atoms with Gasteiger partial charge in [-0.25, -0.2) is 4.39 Å². The number of hydrogen-bond acceptors (Lipinski definition) is 3. The molecule has 0 bridgehead atoms. The summed E-state index contributed by atoms with van der Waals surface area (Å²) in [7, 11) is 1.81. The molecule has 1 aromatic rings. The third-order valence-corrected chi connectivity index (χ3v) is 2.37. The molecule has 0 fully saturated rings. The van der Waals surface area contributed by atoms with Crippen molar-refractivity contribution in [1.82, 2.24) is 5.32 Å². The molecule has 2 N–H and O–H groups in total. The van der Waals surface area contributed by atoms with Gasteiger partial charge in [0.25, 0.3) is 0 Å². The van der Waals surface area contributed by atoms with Crippen LogP contribution in [0.25, 0.3) is 0 Å². The fraction of sp³-hybridized carbons (Fsp3) is 0.538. The van der Waals surface area contributed by atoms with Crippen molar-refractivity contribution in [1.29, 1.82) is 0 Å². The van der Waals surface area contributed by atoms with Gasteiger partial charge in [0, 0.05) is 0 Å². The van der Waals surface area contributed by atoms with Gasteiger partial charge in [-0.1, -0.05) is 6.07 Å². The molecule has 0 aliphatic carbocycles. The largest absolute Gasteiger partial charge is 0.488 e. The predicted molar refractivity (Wildman–Crippen MR) is 65.7 cm³/mol. The van der Waals surface area contributed by atoms with Crippen LogP contribution in [0, 0.1) is 5.82 Å². The number of halogens is 1. The third kappa shape index (κ3) is 4.32. The van der Waals surface area contributed by atoms with Crippen LogP contribution in [0.1, 0.15) is 31.9 Å². The Bertz CT molecular complexity index is 355. The topological polar surface area (TPSA) is 41.5 Å². The van der Waals surface area contributed by atoms with E-state index in [1.807, 2.05) is 20.9 Å². The fourth-order valence-corrected chi connectivity index (χ4v) is 1.52. The zero-order valence-electron chi connectivity index (χ0n) is 10.5. The number of nitrogens with one attached hydrogen (secondary N) is 1. The molecule has 0 aliphatic heterocycles. The van der Waals surface area contributed by atoms with Crippen LogP contribution >= 0.6 is 0 Å². The number of aliphatic hydroxyl groups is 1. The summed E-state index contributed by atoms with van der Waals surface area (Å²) in [5.74, 6) is -0.204. The molecule has 0 saturated heterocycles. The van der Waals surface area contributed by atoms with Gasteiger partial charge in [0.05, 0.1) is 12.2 Å². The third-order valence-electron chi connectivity index (χ3n) is 2.37. The highest BCUT2D eigenvalue weighted by Crippen LogP contribution is 2.24. The summed E-state index contributed by atoms with van der Waals surface area (Å²) in [6.07, 6.45) is -0.157. The summed E-state index contributed by atoms with van der Waals surface area (Å²) in [6.45, 7) is 4.37. The highest BCUT2D eigenvalue weighted by Gasteiger charge is 2.11. The molecule has 0 radical (unpaired) electrons. The lowest BCUT2D eigenvalue weighted by atomic mass is 10.1. The molecule has 0 saturated carbocycles. The van der Waals surface area contributed by atoms with Crippen molar-refractivity contribution >= 4 is 0 Å². The molecule has 17 heavy (non-hydrogen) atoms. The SMILES string of the molecule is CNCCC(O)c1ccc(OC(C)C)c(F)c1. The number of benzene rings is 1. The van der Waals surface area contributed by atoms with Crippen LogP contribution < -0.4 is 10.1 Å². The minimum atomic E-state index is -0.648. The first kappa shape index (κ1) is 13.9. The van der Waals surface area contributed by atoms with Crippen molar-refractivity contribution in [2.45, 2.75) is 32.5 Å². The highest BCUT2D eigenvalue weighted by molar-refractivity contribution is 5.30. The second-order valence-corrected chi connectivity index (χ2v) is 4.26. The Labute approximate surface area is 102 Å². The summed E-state index contributed by atoms with van der Waals surface area (Å²) in [5, 5.41) is 12.7. The summed E-state index contributed by atoms with van der Waals surface area (Å²) in [5.41, 5.74) is 0.578. The van der Waals surface area contributed by atoms with Crippen molar-refractivity contribution in [2.75, 3.05) is 13.6 Å². The molecule has 1 unspecified atom stereocenters. The number of aliphatic hydroxyl groups excluding tert-OH is 1. The lowest BCUT2D eigenvalue weighted by molar-refractivity contribution is 0.166. The molecule has 0 aliphatic rings. The molecule has 0 spiro atoms. The van der Waals surface area contributed by atoms with Gasteiger partial charge in [-0.3, -0.25) is 0 Å². The Balaban J connectivity index is 2.73. The Morgan fingerprint density at radius 2 is 2.12 bits per heavy atom. The summed E-state index contributed by atoms with van der Waals surface area (Å²) in [4.78, 5) is 0. The zero-order chi connectivity index (χ0) is 12.8. The number of ether oxygens (including phenoxy) is 1. The van der Waals surface area contributed by atoms with Gasteiger partial charge < -0.3 is 15.2 Å². The average Bonchev–Trinajstić information content (AvgIpc) is 2.28. The molecule has 1 rings (SSSR count). The van der Waals surface area contributed by atoms with Gasteiger partial charge in [0.15, 0.2) is 11.6 Å². The van der Waals surface area contributed by atoms with Gasteiger partial charge in [0.1, 0.15) is 0 Å². The van der Waals surface area contributed by atoms with E-state index in [4.69, 9.17) is 4.74 Å². The molecule has 0 amide bonds. The van der Waals surface area contributed by atoms with Gasteiger partial charge in [-0.2, -0.15) is 0 Å². The predicted octanol–water partition coefficient (Wildman–Crippen LogP) is 2.26. The number of hydrogen-bond donors (Lipinski definition) is 2. The summed E-state index contributed by atoms with van der Waals surface area (Å²) >= 11 is 0. The molecular weight excluding hydrogens is 221 g/mol. The van der Waals surface area contributed by atoms with Gasteiger partial charge in [-0.05, 0) is 51.6 Å². The van der Waals surface area contributed by atoms with E-state index in [9.17, 15) is 9.50 Å². The highest BCUT2D eigenvalue weighted by atomic mass is 19.1. The average molecular weight is 241 g/mol. The zero-order valence-corrected chi connectivity index (χ0v) is 10.5. The van der Waals surface area contributed by atoms with E-state index in [1.54, 1.807) is 12.1 Å². The van der Waals surface area contributed by atoms with Crippen molar-refractivity contribution < 1.29 is 14.2 Å². The molecule has 3 nitrogen and oxygen atoms in total. The molecule has 1 aromatic carbocycles. The van der Waals surface area contributed by atoms with E-state index in [-0.39, 0.29) is 11.9 Å². The van der Waals surface area contributed by atoms with E-state index in [2.05, 4.69) is 5.32 Å². The smallest absolute Gasteiger partial charge is 0.165 e. The monoisotopic (exact) mass is 241 g/mol. The second kappa shape index (κ2) is 6.57. The minimum absolute atomic E-state index is 0.0652. The lowest BCUT2D eigenvalue weighted by Crippen LogP contribution is -2.12. The molecule has 4 heteroatoms. The molecular formula is C13H20FNO2. The summed E-state index contributed by atoms with van der Waals surface area (Å²) in [6, 6.07) is 4.59. The lowest BCUT2D eigenvalue weighted by Gasteiger charge is -2.14. The van der Waals surface area contributed by atoms with E-state index < -0.39 is 11.9 Å². The van der Waals surface area contributed by atoms with Crippen LogP contribution in [0.5, 0.6) is 5.75 Å². The normalized spacial score (nSPS) is 12.8. The van der Waals surface area contributed by atoms with Gasteiger partial charge >= 0.3 is 0 Å². The molecule has 1 atom stereocenters. The van der Waals surface area contributed by atoms with E-state index in [0.29, 0.717) is 18.5 Å². The standard InChI is InChI=1S/C13H20FNO2/c1-9(2)17-13-5-4-10(8-11(13)14)12(16)6-7-15-3/h4-5,8-9,12,15-16H,6-7H2,1-3H3. The van der Waals surface area contributed by atoms with Crippen LogP contribution in [0.4, 0.5) is 4.39 Å². The first-order valence-electron chi connectivity index (χ1n) is 5.83. The maximum Gasteiger partial charge on any atom is 0.165 e. The first-order chi connectivity index (χ1) is 8.04. The second-order valence-electron chi connectivity index (χ2n) is 4.26. The number of rotatable bonds is 6. The maximum atomic E-state index is 13.6. The fourth-order valence-electron chi connectivity index (χ4n) is 1.52.